The van der Waals surface area contributed by atoms with Crippen molar-refractivity contribution < 1.29 is 0 Å². The molecule has 0 radical (unpaired) electrons. The van der Waals surface area contributed by atoms with E-state index in [4.69, 9.17) is 5.26 Å². The Morgan fingerprint density at radius 2 is 1.90 bits per heavy atom. The van der Waals surface area contributed by atoms with E-state index in [1.807, 2.05) is 0 Å². The lowest BCUT2D eigenvalue weighted by atomic mass is 10.1. The van der Waals surface area contributed by atoms with E-state index in [1.54, 1.807) is 0 Å². The van der Waals surface area contributed by atoms with Crippen LogP contribution >= 0.6 is 0 Å². The third-order valence-corrected chi connectivity index (χ3v) is 1.87. The number of rotatable bonds is 1. The summed E-state index contributed by atoms with van der Waals surface area (Å²) in [7, 11) is 0. The number of likely N-dealkylation sites (tertiary alicyclic amines) is 1. The first-order valence-corrected chi connectivity index (χ1v) is 3.68. The van der Waals surface area contributed by atoms with Crippen LogP contribution in [-0.2, 0) is 0 Å². The minimum Gasteiger partial charge on any atom is -0.364 e. The summed E-state index contributed by atoms with van der Waals surface area (Å²) >= 11 is 0. The van der Waals surface area contributed by atoms with Gasteiger partial charge in [0.1, 0.15) is 11.8 Å². The molecule has 1 aliphatic heterocycles. The second kappa shape index (κ2) is 3.26. The molecule has 1 heterocycles. The number of nitrogens with zero attached hydrogens (tertiary/aromatic N) is 2. The van der Waals surface area contributed by atoms with Gasteiger partial charge in [0, 0.05) is 13.1 Å². The molecule has 1 fully saturated rings. The van der Waals surface area contributed by atoms with Gasteiger partial charge in [0.05, 0.1) is 0 Å². The molecule has 0 atom stereocenters. The Kier molecular flexibility index (Phi) is 2.33. The van der Waals surface area contributed by atoms with Crippen LogP contribution in [0.25, 0.3) is 0 Å². The van der Waals surface area contributed by atoms with Crippen LogP contribution in [0.2, 0.25) is 0 Å². The molecule has 0 bridgehead atoms. The van der Waals surface area contributed by atoms with E-state index in [-0.39, 0.29) is 0 Å². The van der Waals surface area contributed by atoms with Crippen molar-refractivity contribution in [2.45, 2.75) is 19.3 Å². The summed E-state index contributed by atoms with van der Waals surface area (Å²) in [6, 6.07) is 2.07. The van der Waals surface area contributed by atoms with E-state index in [0.29, 0.717) is 5.70 Å². The predicted octanol–water partition coefficient (Wildman–Crippen LogP) is 1.51. The summed E-state index contributed by atoms with van der Waals surface area (Å²) in [4.78, 5) is 2.06. The fourth-order valence-corrected chi connectivity index (χ4v) is 1.23. The molecule has 0 N–H and O–H groups in total. The molecular weight excluding hydrogens is 124 g/mol. The number of nitriles is 1. The molecule has 0 unspecified atom stereocenters. The average molecular weight is 136 g/mol. The van der Waals surface area contributed by atoms with Crippen molar-refractivity contribution in [2.24, 2.45) is 0 Å². The lowest BCUT2D eigenvalue weighted by molar-refractivity contribution is 0.296. The van der Waals surface area contributed by atoms with Gasteiger partial charge in [0.2, 0.25) is 0 Å². The first-order valence-electron chi connectivity index (χ1n) is 3.68. The number of hydrogen-bond donors (Lipinski definition) is 0. The van der Waals surface area contributed by atoms with E-state index in [9.17, 15) is 0 Å². The fourth-order valence-electron chi connectivity index (χ4n) is 1.23. The maximum Gasteiger partial charge on any atom is 0.116 e. The molecule has 0 aromatic rings. The topological polar surface area (TPSA) is 27.0 Å². The van der Waals surface area contributed by atoms with Crippen molar-refractivity contribution >= 4 is 0 Å². The quantitative estimate of drug-likeness (QED) is 0.511. The standard InChI is InChI=1S/C8H12N2/c1-8(7-9)10-5-3-2-4-6-10/h1-6H2. The maximum absolute atomic E-state index is 8.50. The van der Waals surface area contributed by atoms with Crippen LogP contribution in [0.3, 0.4) is 0 Å². The second-order valence-electron chi connectivity index (χ2n) is 2.61. The Hall–Kier alpha value is -0.970. The van der Waals surface area contributed by atoms with E-state index >= 15 is 0 Å². The Balaban J connectivity index is 2.40. The summed E-state index contributed by atoms with van der Waals surface area (Å²) in [5.41, 5.74) is 0.625. The molecule has 0 spiro atoms. The van der Waals surface area contributed by atoms with Gasteiger partial charge in [-0.15, -0.1) is 0 Å². The Bertz CT molecular complexity index is 161. The molecule has 1 rings (SSSR count). The summed E-state index contributed by atoms with van der Waals surface area (Å²) in [6.07, 6.45) is 3.72. The van der Waals surface area contributed by atoms with E-state index in [1.165, 1.54) is 19.3 Å². The summed E-state index contributed by atoms with van der Waals surface area (Å²) in [5.74, 6) is 0. The molecule has 54 valence electrons. The predicted molar refractivity (Wildman–Crippen MR) is 40.2 cm³/mol. The van der Waals surface area contributed by atoms with Gasteiger partial charge >= 0.3 is 0 Å². The first kappa shape index (κ1) is 7.14. The average Bonchev–Trinajstić information content (AvgIpc) is 2.05. The van der Waals surface area contributed by atoms with E-state index < -0.39 is 0 Å². The minimum atomic E-state index is 0.625. The van der Waals surface area contributed by atoms with Gasteiger partial charge in [0.15, 0.2) is 0 Å². The first-order chi connectivity index (χ1) is 4.84. The van der Waals surface area contributed by atoms with Crippen LogP contribution in [0.15, 0.2) is 12.3 Å². The fraction of sp³-hybridized carbons (Fsp3) is 0.625. The van der Waals surface area contributed by atoms with Gasteiger partial charge in [0.25, 0.3) is 0 Å². The van der Waals surface area contributed by atoms with Crippen molar-refractivity contribution in [3.8, 4) is 6.07 Å². The highest BCUT2D eigenvalue weighted by molar-refractivity contribution is 5.14. The van der Waals surface area contributed by atoms with Crippen LogP contribution in [0, 0.1) is 11.3 Å². The Morgan fingerprint density at radius 3 is 2.40 bits per heavy atom. The van der Waals surface area contributed by atoms with Crippen LogP contribution in [0.4, 0.5) is 0 Å². The van der Waals surface area contributed by atoms with Crippen molar-refractivity contribution in [3.63, 3.8) is 0 Å². The smallest absolute Gasteiger partial charge is 0.116 e. The summed E-state index contributed by atoms with van der Waals surface area (Å²) in [5, 5.41) is 8.50. The SMILES string of the molecule is C=C(C#N)N1CCCCC1. The van der Waals surface area contributed by atoms with Crippen LogP contribution in [-0.4, -0.2) is 18.0 Å². The van der Waals surface area contributed by atoms with Gasteiger partial charge in [-0.05, 0) is 19.3 Å². The molecule has 2 heteroatoms. The van der Waals surface area contributed by atoms with Gasteiger partial charge < -0.3 is 4.90 Å². The van der Waals surface area contributed by atoms with Crippen molar-refractivity contribution in [1.29, 1.82) is 5.26 Å². The van der Waals surface area contributed by atoms with Crippen LogP contribution < -0.4 is 0 Å². The number of allylic oxidation sites excluding steroid dienone is 1. The van der Waals surface area contributed by atoms with Crippen molar-refractivity contribution in [1.82, 2.24) is 4.90 Å². The minimum absolute atomic E-state index is 0.625. The zero-order chi connectivity index (χ0) is 7.40. The third kappa shape index (κ3) is 1.51. The van der Waals surface area contributed by atoms with Gasteiger partial charge in [-0.1, -0.05) is 6.58 Å². The van der Waals surface area contributed by atoms with E-state index in [0.717, 1.165) is 13.1 Å². The highest BCUT2D eigenvalue weighted by atomic mass is 15.1. The largest absolute Gasteiger partial charge is 0.364 e. The van der Waals surface area contributed by atoms with E-state index in [2.05, 4.69) is 17.5 Å². The normalized spacial score (nSPS) is 18.1. The molecule has 1 saturated heterocycles. The molecule has 10 heavy (non-hydrogen) atoms. The lowest BCUT2D eigenvalue weighted by Gasteiger charge is -2.26. The molecular formula is C8H12N2. The Labute approximate surface area is 61.8 Å². The van der Waals surface area contributed by atoms with Crippen LogP contribution in [0.1, 0.15) is 19.3 Å². The highest BCUT2D eigenvalue weighted by Gasteiger charge is 2.10. The summed E-state index contributed by atoms with van der Waals surface area (Å²) < 4.78 is 0. The Morgan fingerprint density at radius 1 is 1.30 bits per heavy atom. The molecule has 0 saturated carbocycles. The second-order valence-corrected chi connectivity index (χ2v) is 2.61. The number of hydrogen-bond acceptors (Lipinski definition) is 2. The maximum atomic E-state index is 8.50. The third-order valence-electron chi connectivity index (χ3n) is 1.87. The van der Waals surface area contributed by atoms with Crippen molar-refractivity contribution in [3.05, 3.63) is 12.3 Å². The molecule has 0 aromatic carbocycles. The highest BCUT2D eigenvalue weighted by Crippen LogP contribution is 2.12. The lowest BCUT2D eigenvalue weighted by Crippen LogP contribution is -2.27. The molecule has 0 amide bonds. The molecule has 0 aliphatic carbocycles. The number of piperidine rings is 1. The monoisotopic (exact) mass is 136 g/mol. The van der Waals surface area contributed by atoms with Gasteiger partial charge in [-0.3, -0.25) is 0 Å². The molecule has 0 aromatic heterocycles. The van der Waals surface area contributed by atoms with Crippen molar-refractivity contribution in [2.75, 3.05) is 13.1 Å². The molecule has 2 nitrogen and oxygen atoms in total. The van der Waals surface area contributed by atoms with Gasteiger partial charge in [-0.25, -0.2) is 0 Å². The van der Waals surface area contributed by atoms with Crippen LogP contribution in [0.5, 0.6) is 0 Å². The summed E-state index contributed by atoms with van der Waals surface area (Å²) in [6.45, 7) is 5.70. The molecule has 1 aliphatic rings. The zero-order valence-electron chi connectivity index (χ0n) is 6.14. The zero-order valence-corrected chi connectivity index (χ0v) is 6.14. The van der Waals surface area contributed by atoms with Gasteiger partial charge in [-0.2, -0.15) is 5.26 Å².